The van der Waals surface area contributed by atoms with Gasteiger partial charge in [-0.15, -0.1) is 11.8 Å². The molecule has 0 N–H and O–H groups in total. The zero-order chi connectivity index (χ0) is 9.97. The van der Waals surface area contributed by atoms with E-state index in [1.807, 2.05) is 0 Å². The van der Waals surface area contributed by atoms with E-state index in [0.717, 1.165) is 5.03 Å². The molecule has 0 atom stereocenters. The van der Waals surface area contributed by atoms with Crippen LogP contribution in [0.4, 0.5) is 0 Å². The van der Waals surface area contributed by atoms with Crippen molar-refractivity contribution in [3.05, 3.63) is 35.2 Å². The summed E-state index contributed by atoms with van der Waals surface area (Å²) in [7, 11) is 0. The van der Waals surface area contributed by atoms with E-state index in [0.29, 0.717) is 0 Å². The zero-order valence-electron chi connectivity index (χ0n) is 8.15. The Morgan fingerprint density at radius 3 is 2.57 bits per heavy atom. The van der Waals surface area contributed by atoms with Crippen LogP contribution in [0.2, 0.25) is 0 Å². The molecule has 2 aromatic rings. The number of rotatable bonds is 2. The second kappa shape index (κ2) is 4.15. The van der Waals surface area contributed by atoms with Crippen molar-refractivity contribution in [1.82, 2.24) is 4.37 Å². The van der Waals surface area contributed by atoms with Gasteiger partial charge in [0.2, 0.25) is 0 Å². The number of benzene rings is 1. The van der Waals surface area contributed by atoms with Crippen molar-refractivity contribution < 1.29 is 0 Å². The van der Waals surface area contributed by atoms with Crippen LogP contribution in [-0.2, 0) is 0 Å². The van der Waals surface area contributed by atoms with Crippen LogP contribution in [0.3, 0.4) is 0 Å². The Balaban J connectivity index is 2.44. The van der Waals surface area contributed by atoms with Gasteiger partial charge in [-0.2, -0.15) is 4.37 Å². The molecule has 0 amide bonds. The highest BCUT2D eigenvalue weighted by Crippen LogP contribution is 2.30. The predicted molar refractivity (Wildman–Crippen MR) is 64.1 cm³/mol. The molecule has 14 heavy (non-hydrogen) atoms. The maximum atomic E-state index is 4.34. The van der Waals surface area contributed by atoms with Gasteiger partial charge in [0.15, 0.2) is 0 Å². The number of hydrogen-bond acceptors (Lipinski definition) is 3. The summed E-state index contributed by atoms with van der Waals surface area (Å²) in [5.41, 5.74) is 3.80. The van der Waals surface area contributed by atoms with Crippen molar-refractivity contribution in [1.29, 1.82) is 0 Å². The third-order valence-electron chi connectivity index (χ3n) is 2.09. The topological polar surface area (TPSA) is 12.9 Å². The van der Waals surface area contributed by atoms with Crippen LogP contribution in [0.15, 0.2) is 34.7 Å². The molecular weight excluding hydrogens is 210 g/mol. The Hall–Kier alpha value is -0.800. The molecule has 0 aliphatic rings. The fourth-order valence-electron chi connectivity index (χ4n) is 1.30. The molecule has 0 aliphatic heterocycles. The van der Waals surface area contributed by atoms with Gasteiger partial charge in [-0.05, 0) is 30.3 Å². The van der Waals surface area contributed by atoms with E-state index in [-0.39, 0.29) is 0 Å². The molecule has 0 unspecified atom stereocenters. The lowest BCUT2D eigenvalue weighted by atomic mass is 10.1. The first-order valence-electron chi connectivity index (χ1n) is 4.36. The average Bonchev–Trinajstić information content (AvgIpc) is 2.67. The summed E-state index contributed by atoms with van der Waals surface area (Å²) < 4.78 is 4.34. The number of aryl methyl sites for hydroxylation is 1. The first kappa shape index (κ1) is 9.74. The van der Waals surface area contributed by atoms with E-state index in [1.165, 1.54) is 28.2 Å². The zero-order valence-corrected chi connectivity index (χ0v) is 9.78. The highest BCUT2D eigenvalue weighted by atomic mass is 32.2. The SMILES string of the molecule is CSc1nscc1-c1ccc(C)cc1. The van der Waals surface area contributed by atoms with E-state index in [4.69, 9.17) is 0 Å². The van der Waals surface area contributed by atoms with Gasteiger partial charge in [-0.3, -0.25) is 0 Å². The minimum Gasteiger partial charge on any atom is -0.186 e. The van der Waals surface area contributed by atoms with Crippen molar-refractivity contribution in [3.8, 4) is 11.1 Å². The van der Waals surface area contributed by atoms with Gasteiger partial charge in [-0.1, -0.05) is 29.8 Å². The van der Waals surface area contributed by atoms with Crippen molar-refractivity contribution >= 4 is 23.3 Å². The van der Waals surface area contributed by atoms with Crippen molar-refractivity contribution in [2.75, 3.05) is 6.26 Å². The molecule has 0 radical (unpaired) electrons. The Morgan fingerprint density at radius 1 is 1.21 bits per heavy atom. The highest BCUT2D eigenvalue weighted by molar-refractivity contribution is 7.98. The normalized spacial score (nSPS) is 10.4. The molecule has 0 bridgehead atoms. The van der Waals surface area contributed by atoms with Crippen molar-refractivity contribution in [2.45, 2.75) is 11.9 Å². The Morgan fingerprint density at radius 2 is 1.93 bits per heavy atom. The summed E-state index contributed by atoms with van der Waals surface area (Å²) in [5.74, 6) is 0. The predicted octanol–water partition coefficient (Wildman–Crippen LogP) is 3.84. The summed E-state index contributed by atoms with van der Waals surface area (Å²) in [6, 6.07) is 8.58. The molecule has 0 saturated carbocycles. The molecular formula is C11H11NS2. The number of aromatic nitrogens is 1. The minimum absolute atomic E-state index is 1.12. The third kappa shape index (κ3) is 1.83. The summed E-state index contributed by atoms with van der Waals surface area (Å²) in [6.07, 6.45) is 2.06. The second-order valence-electron chi connectivity index (χ2n) is 3.10. The Labute approximate surface area is 92.3 Å². The maximum Gasteiger partial charge on any atom is 0.117 e. The minimum atomic E-state index is 1.12. The molecule has 72 valence electrons. The quantitative estimate of drug-likeness (QED) is 0.715. The van der Waals surface area contributed by atoms with Crippen LogP contribution in [0, 0.1) is 6.92 Å². The van der Waals surface area contributed by atoms with Gasteiger partial charge in [0.05, 0.1) is 0 Å². The summed E-state index contributed by atoms with van der Waals surface area (Å²) in [4.78, 5) is 0. The lowest BCUT2D eigenvalue weighted by Gasteiger charge is -2.00. The lowest BCUT2D eigenvalue weighted by Crippen LogP contribution is -1.78. The Kier molecular flexibility index (Phi) is 2.89. The van der Waals surface area contributed by atoms with Crippen LogP contribution in [0.5, 0.6) is 0 Å². The van der Waals surface area contributed by atoms with Crippen LogP contribution < -0.4 is 0 Å². The monoisotopic (exact) mass is 221 g/mol. The molecule has 2 rings (SSSR count). The van der Waals surface area contributed by atoms with Crippen LogP contribution in [-0.4, -0.2) is 10.6 Å². The molecule has 1 nitrogen and oxygen atoms in total. The van der Waals surface area contributed by atoms with Gasteiger partial charge >= 0.3 is 0 Å². The molecule has 0 fully saturated rings. The lowest BCUT2D eigenvalue weighted by molar-refractivity contribution is 1.29. The number of hydrogen-bond donors (Lipinski definition) is 0. The highest BCUT2D eigenvalue weighted by Gasteiger charge is 2.06. The molecule has 0 aliphatic carbocycles. The first-order chi connectivity index (χ1) is 6.81. The number of thioether (sulfide) groups is 1. The number of nitrogens with zero attached hydrogens (tertiary/aromatic N) is 1. The smallest absolute Gasteiger partial charge is 0.117 e. The van der Waals surface area contributed by atoms with Crippen LogP contribution >= 0.6 is 23.3 Å². The van der Waals surface area contributed by atoms with E-state index < -0.39 is 0 Å². The van der Waals surface area contributed by atoms with Gasteiger partial charge in [0, 0.05) is 10.9 Å². The van der Waals surface area contributed by atoms with Crippen molar-refractivity contribution in [2.24, 2.45) is 0 Å². The summed E-state index contributed by atoms with van der Waals surface area (Å²) in [5, 5.41) is 3.23. The van der Waals surface area contributed by atoms with Crippen LogP contribution in [0.1, 0.15) is 5.56 Å². The first-order valence-corrected chi connectivity index (χ1v) is 6.43. The van der Waals surface area contributed by atoms with Gasteiger partial charge in [0.25, 0.3) is 0 Å². The van der Waals surface area contributed by atoms with Gasteiger partial charge < -0.3 is 0 Å². The molecule has 0 saturated heterocycles. The van der Waals surface area contributed by atoms with E-state index in [2.05, 4.69) is 47.2 Å². The largest absolute Gasteiger partial charge is 0.186 e. The fraction of sp³-hybridized carbons (Fsp3) is 0.182. The maximum absolute atomic E-state index is 4.34. The average molecular weight is 221 g/mol. The van der Waals surface area contributed by atoms with Gasteiger partial charge in [0.1, 0.15) is 5.03 Å². The molecule has 1 heterocycles. The summed E-state index contributed by atoms with van der Waals surface area (Å²) >= 11 is 3.22. The Bertz CT molecular complexity index is 417. The van der Waals surface area contributed by atoms with Gasteiger partial charge in [-0.25, -0.2) is 0 Å². The molecule has 0 spiro atoms. The van der Waals surface area contributed by atoms with E-state index in [1.54, 1.807) is 11.8 Å². The standard InChI is InChI=1S/C11H11NS2/c1-8-3-5-9(6-4-8)10-7-14-12-11(10)13-2/h3-7H,1-2H3. The second-order valence-corrected chi connectivity index (χ2v) is 4.53. The third-order valence-corrected chi connectivity index (χ3v) is 3.54. The molecule has 1 aromatic carbocycles. The molecule has 1 aromatic heterocycles. The van der Waals surface area contributed by atoms with E-state index in [9.17, 15) is 0 Å². The van der Waals surface area contributed by atoms with Crippen molar-refractivity contribution in [3.63, 3.8) is 0 Å². The van der Waals surface area contributed by atoms with Crippen LogP contribution in [0.25, 0.3) is 11.1 Å². The molecule has 3 heteroatoms. The summed E-state index contributed by atoms with van der Waals surface area (Å²) in [6.45, 7) is 2.10. The van der Waals surface area contributed by atoms with E-state index >= 15 is 0 Å². The fourth-order valence-corrected chi connectivity index (χ4v) is 2.80.